The highest BCUT2D eigenvalue weighted by atomic mass is 32.2. The Bertz CT molecular complexity index is 620. The molecule has 1 aromatic rings. The van der Waals surface area contributed by atoms with Gasteiger partial charge in [0.1, 0.15) is 5.82 Å². The van der Waals surface area contributed by atoms with Crippen LogP contribution in [-0.2, 0) is 14.8 Å². The first kappa shape index (κ1) is 17.4. The van der Waals surface area contributed by atoms with Crippen LogP contribution < -0.4 is 4.72 Å². The normalized spacial score (nSPS) is 10.8. The third-order valence-electron chi connectivity index (χ3n) is 2.40. The van der Waals surface area contributed by atoms with E-state index < -0.39 is 15.8 Å². The molecule has 0 aliphatic carbocycles. The van der Waals surface area contributed by atoms with Gasteiger partial charge < -0.3 is 9.84 Å². The van der Waals surface area contributed by atoms with Gasteiger partial charge in [-0.15, -0.1) is 0 Å². The molecule has 2 N–H and O–H groups in total. The Morgan fingerprint density at radius 3 is 2.86 bits per heavy atom. The zero-order valence-corrected chi connectivity index (χ0v) is 12.5. The molecule has 0 saturated heterocycles. The Balaban J connectivity index is 2.81. The van der Waals surface area contributed by atoms with Crippen molar-refractivity contribution >= 4 is 15.7 Å². The van der Waals surface area contributed by atoms with Crippen molar-refractivity contribution in [3.8, 4) is 11.8 Å². The molecule has 0 bridgehead atoms. The van der Waals surface area contributed by atoms with Crippen molar-refractivity contribution in [3.63, 3.8) is 0 Å². The maximum Gasteiger partial charge on any atom is 0.235 e. The van der Waals surface area contributed by atoms with Crippen LogP contribution in [0.25, 0.3) is 0 Å². The summed E-state index contributed by atoms with van der Waals surface area (Å²) in [6.07, 6.45) is 0.226. The van der Waals surface area contributed by atoms with E-state index in [9.17, 15) is 12.8 Å². The van der Waals surface area contributed by atoms with E-state index in [0.29, 0.717) is 6.61 Å². The SMILES string of the molecule is CCOCCS(=O)(=O)Nc1ccc(F)c(C#CCCO)c1. The molecule has 0 aromatic heterocycles. The summed E-state index contributed by atoms with van der Waals surface area (Å²) in [5, 5.41) is 8.62. The average molecular weight is 315 g/mol. The lowest BCUT2D eigenvalue weighted by Crippen LogP contribution is -2.20. The molecule has 0 saturated carbocycles. The predicted octanol–water partition coefficient (Wildman–Crippen LogP) is 1.34. The largest absolute Gasteiger partial charge is 0.395 e. The number of hydrogen-bond donors (Lipinski definition) is 2. The Hall–Kier alpha value is -1.62. The molecule has 1 aromatic carbocycles. The second-order valence-electron chi connectivity index (χ2n) is 4.09. The number of nitrogens with one attached hydrogen (secondary N) is 1. The highest BCUT2D eigenvalue weighted by molar-refractivity contribution is 7.92. The van der Waals surface area contributed by atoms with Crippen LogP contribution in [0.4, 0.5) is 10.1 Å². The molecule has 116 valence electrons. The van der Waals surface area contributed by atoms with E-state index in [2.05, 4.69) is 16.6 Å². The second kappa shape index (κ2) is 8.62. The first-order valence-corrected chi connectivity index (χ1v) is 8.11. The van der Waals surface area contributed by atoms with Gasteiger partial charge in [0.25, 0.3) is 0 Å². The molecular formula is C14H18FNO4S. The first-order valence-electron chi connectivity index (χ1n) is 6.46. The van der Waals surface area contributed by atoms with Crippen LogP contribution >= 0.6 is 0 Å². The Labute approximate surface area is 124 Å². The zero-order chi connectivity index (χ0) is 15.7. The molecule has 0 unspecified atom stereocenters. The lowest BCUT2D eigenvalue weighted by molar-refractivity contribution is 0.163. The van der Waals surface area contributed by atoms with Gasteiger partial charge in [-0.3, -0.25) is 4.72 Å². The fourth-order valence-electron chi connectivity index (χ4n) is 1.44. The number of sulfonamides is 1. The third kappa shape index (κ3) is 6.58. The van der Waals surface area contributed by atoms with Gasteiger partial charge in [0.2, 0.25) is 10.0 Å². The van der Waals surface area contributed by atoms with Crippen LogP contribution in [0.5, 0.6) is 0 Å². The number of hydrogen-bond acceptors (Lipinski definition) is 4. The summed E-state index contributed by atoms with van der Waals surface area (Å²) < 4.78 is 44.4. The highest BCUT2D eigenvalue weighted by Gasteiger charge is 2.11. The number of halogens is 1. The monoisotopic (exact) mass is 315 g/mol. The summed E-state index contributed by atoms with van der Waals surface area (Å²) >= 11 is 0. The molecule has 0 fully saturated rings. The van der Waals surface area contributed by atoms with E-state index >= 15 is 0 Å². The Morgan fingerprint density at radius 2 is 2.19 bits per heavy atom. The van der Waals surface area contributed by atoms with Crippen LogP contribution in [0.2, 0.25) is 0 Å². The second-order valence-corrected chi connectivity index (χ2v) is 5.93. The van der Waals surface area contributed by atoms with Gasteiger partial charge in [-0.2, -0.15) is 0 Å². The van der Waals surface area contributed by atoms with Crippen LogP contribution in [0.3, 0.4) is 0 Å². The van der Waals surface area contributed by atoms with Crippen molar-refractivity contribution in [1.82, 2.24) is 0 Å². The molecule has 0 heterocycles. The molecular weight excluding hydrogens is 297 g/mol. The van der Waals surface area contributed by atoms with E-state index in [4.69, 9.17) is 9.84 Å². The Kier molecular flexibility index (Phi) is 7.15. The van der Waals surface area contributed by atoms with Gasteiger partial charge in [-0.05, 0) is 25.1 Å². The summed E-state index contributed by atoms with van der Waals surface area (Å²) in [5.41, 5.74) is 0.314. The first-order chi connectivity index (χ1) is 9.98. The van der Waals surface area contributed by atoms with Crippen molar-refractivity contribution in [1.29, 1.82) is 0 Å². The zero-order valence-electron chi connectivity index (χ0n) is 11.7. The summed E-state index contributed by atoms with van der Waals surface area (Å²) in [6.45, 7) is 2.20. The fourth-order valence-corrected chi connectivity index (χ4v) is 2.37. The van der Waals surface area contributed by atoms with Crippen molar-refractivity contribution in [2.75, 3.05) is 30.3 Å². The maximum atomic E-state index is 13.5. The summed E-state index contributed by atoms with van der Waals surface area (Å²) in [5.74, 6) is 4.41. The van der Waals surface area contributed by atoms with Crippen molar-refractivity contribution in [2.45, 2.75) is 13.3 Å². The lowest BCUT2D eigenvalue weighted by atomic mass is 10.2. The van der Waals surface area contributed by atoms with E-state index in [1.54, 1.807) is 6.92 Å². The molecule has 0 amide bonds. The highest BCUT2D eigenvalue weighted by Crippen LogP contribution is 2.15. The molecule has 1 rings (SSSR count). The molecule has 5 nitrogen and oxygen atoms in total. The van der Waals surface area contributed by atoms with Crippen LogP contribution in [0.1, 0.15) is 18.9 Å². The van der Waals surface area contributed by atoms with Crippen molar-refractivity contribution < 1.29 is 22.7 Å². The number of anilines is 1. The molecule has 0 atom stereocenters. The number of rotatable bonds is 7. The Morgan fingerprint density at radius 1 is 1.43 bits per heavy atom. The van der Waals surface area contributed by atoms with Gasteiger partial charge in [-0.25, -0.2) is 12.8 Å². The van der Waals surface area contributed by atoms with Crippen molar-refractivity contribution in [2.24, 2.45) is 0 Å². The van der Waals surface area contributed by atoms with Crippen LogP contribution in [0.15, 0.2) is 18.2 Å². The third-order valence-corrected chi connectivity index (χ3v) is 3.65. The number of benzene rings is 1. The summed E-state index contributed by atoms with van der Waals surface area (Å²) in [7, 11) is -3.55. The minimum absolute atomic E-state index is 0.0773. The van der Waals surface area contributed by atoms with Gasteiger partial charge in [0.15, 0.2) is 0 Å². The maximum absolute atomic E-state index is 13.5. The van der Waals surface area contributed by atoms with Gasteiger partial charge in [0.05, 0.1) is 24.5 Å². The lowest BCUT2D eigenvalue weighted by Gasteiger charge is -2.08. The quantitative estimate of drug-likeness (QED) is 0.588. The fraction of sp³-hybridized carbons (Fsp3) is 0.429. The van der Waals surface area contributed by atoms with Gasteiger partial charge in [0, 0.05) is 18.7 Å². The van der Waals surface area contributed by atoms with Crippen LogP contribution in [-0.4, -0.2) is 39.1 Å². The molecule has 0 spiro atoms. The average Bonchev–Trinajstić information content (AvgIpc) is 2.42. The van der Waals surface area contributed by atoms with Crippen LogP contribution in [0, 0.1) is 17.7 Å². The smallest absolute Gasteiger partial charge is 0.235 e. The van der Waals surface area contributed by atoms with Gasteiger partial charge in [-0.1, -0.05) is 11.8 Å². The topological polar surface area (TPSA) is 75.6 Å². The standard InChI is InChI=1S/C14H18FNO4S/c1-2-20-9-10-21(18,19)16-13-6-7-14(15)12(11-13)5-3-4-8-17/h6-7,11,16-17H,2,4,8-10H2,1H3. The van der Waals surface area contributed by atoms with E-state index in [1.807, 2.05) is 0 Å². The van der Waals surface area contributed by atoms with Gasteiger partial charge >= 0.3 is 0 Å². The minimum Gasteiger partial charge on any atom is -0.395 e. The number of aliphatic hydroxyl groups is 1. The van der Waals surface area contributed by atoms with Crippen molar-refractivity contribution in [3.05, 3.63) is 29.6 Å². The van der Waals surface area contributed by atoms with E-state index in [-0.39, 0.29) is 36.6 Å². The summed E-state index contributed by atoms with van der Waals surface area (Å²) in [6, 6.07) is 3.78. The molecule has 0 aliphatic heterocycles. The molecule has 21 heavy (non-hydrogen) atoms. The molecule has 0 aliphatic rings. The summed E-state index contributed by atoms with van der Waals surface area (Å²) in [4.78, 5) is 0. The predicted molar refractivity (Wildman–Crippen MR) is 78.9 cm³/mol. The number of aliphatic hydroxyl groups excluding tert-OH is 1. The molecule has 7 heteroatoms. The minimum atomic E-state index is -3.55. The van der Waals surface area contributed by atoms with E-state index in [0.717, 1.165) is 6.07 Å². The van der Waals surface area contributed by atoms with E-state index in [1.165, 1.54) is 12.1 Å². The number of ether oxygens (including phenoxy) is 1. The molecule has 0 radical (unpaired) electrons.